The van der Waals surface area contributed by atoms with Crippen molar-refractivity contribution in [1.29, 1.82) is 0 Å². The van der Waals surface area contributed by atoms with E-state index in [0.29, 0.717) is 12.5 Å². The van der Waals surface area contributed by atoms with E-state index in [1.54, 1.807) is 11.3 Å². The van der Waals surface area contributed by atoms with Crippen LogP contribution in [0.1, 0.15) is 35.3 Å². The number of benzene rings is 1. The summed E-state index contributed by atoms with van der Waals surface area (Å²) < 4.78 is 0. The highest BCUT2D eigenvalue weighted by molar-refractivity contribution is 14.0. The van der Waals surface area contributed by atoms with Crippen LogP contribution in [0.15, 0.2) is 46.8 Å². The summed E-state index contributed by atoms with van der Waals surface area (Å²) >= 11 is 1.78. The van der Waals surface area contributed by atoms with Crippen LogP contribution in [-0.4, -0.2) is 30.5 Å². The molecule has 0 saturated carbocycles. The first kappa shape index (κ1) is 21.2. The molecule has 1 aromatic carbocycles. The predicted octanol–water partition coefficient (Wildman–Crippen LogP) is 4.00. The molecule has 0 atom stereocenters. The first-order valence-corrected chi connectivity index (χ1v) is 10.0. The summed E-state index contributed by atoms with van der Waals surface area (Å²) in [6, 6.07) is 12.8. The van der Waals surface area contributed by atoms with E-state index in [1.807, 2.05) is 0 Å². The number of aliphatic imine (C=N–C) groups is 1. The summed E-state index contributed by atoms with van der Waals surface area (Å²) in [7, 11) is 0. The van der Waals surface area contributed by atoms with Crippen LogP contribution in [0.2, 0.25) is 0 Å². The quantitative estimate of drug-likeness (QED) is 0.355. The summed E-state index contributed by atoms with van der Waals surface area (Å²) in [5, 5.41) is 5.32. The Hall–Kier alpha value is -1.12. The Morgan fingerprint density at radius 1 is 1.08 bits per heavy atom. The van der Waals surface area contributed by atoms with Gasteiger partial charge in [-0.2, -0.15) is 0 Å². The fourth-order valence-corrected chi connectivity index (χ4v) is 3.93. The van der Waals surface area contributed by atoms with Crippen LogP contribution in [0.4, 0.5) is 0 Å². The van der Waals surface area contributed by atoms with Crippen molar-refractivity contribution < 1.29 is 0 Å². The fraction of sp³-hybridized carbons (Fsp3) is 0.450. The minimum Gasteiger partial charge on any atom is -0.370 e. The monoisotopic (exact) mass is 484 g/mol. The summed E-state index contributed by atoms with van der Waals surface area (Å²) in [6.45, 7) is 4.92. The molecule has 3 N–H and O–H groups in total. The number of rotatable bonds is 7. The number of nitrogens with zero attached hydrogens (tertiary/aromatic N) is 2. The van der Waals surface area contributed by atoms with Gasteiger partial charge in [0.05, 0.1) is 6.54 Å². The van der Waals surface area contributed by atoms with E-state index in [9.17, 15) is 0 Å². The van der Waals surface area contributed by atoms with Crippen LogP contribution >= 0.6 is 35.3 Å². The number of halogens is 1. The molecule has 1 aliphatic heterocycles. The van der Waals surface area contributed by atoms with E-state index >= 15 is 0 Å². The molecule has 0 aliphatic carbocycles. The molecule has 26 heavy (non-hydrogen) atoms. The van der Waals surface area contributed by atoms with Crippen LogP contribution in [0.3, 0.4) is 0 Å². The lowest BCUT2D eigenvalue weighted by Gasteiger charge is -2.27. The fourth-order valence-electron chi connectivity index (χ4n) is 3.22. The van der Waals surface area contributed by atoms with Gasteiger partial charge in [-0.05, 0) is 54.9 Å². The maximum absolute atomic E-state index is 6.03. The molecule has 1 aliphatic rings. The van der Waals surface area contributed by atoms with Gasteiger partial charge in [0.15, 0.2) is 5.96 Å². The molecular formula is C20H29IN4S. The lowest BCUT2D eigenvalue weighted by Crippen LogP contribution is -2.33. The van der Waals surface area contributed by atoms with Gasteiger partial charge in [-0.1, -0.05) is 36.8 Å². The highest BCUT2D eigenvalue weighted by Gasteiger charge is 2.12. The van der Waals surface area contributed by atoms with Gasteiger partial charge in [0, 0.05) is 18.0 Å². The normalized spacial score (nSPS) is 15.5. The molecule has 2 aromatic rings. The first-order valence-electron chi connectivity index (χ1n) is 9.16. The molecule has 2 heterocycles. The standard InChI is InChI=1S/C20H28N4S.HI/c21-20(22-11-10-19-9-6-14-25-19)23-15-17-7-2-3-8-18(17)16-24-12-4-1-5-13-24;/h2-3,6-9,14H,1,4-5,10-13,15-16H2,(H3,21,22,23);1H. The molecule has 3 rings (SSSR count). The highest BCUT2D eigenvalue weighted by atomic mass is 127. The summed E-state index contributed by atoms with van der Waals surface area (Å²) in [5.41, 5.74) is 8.68. The predicted molar refractivity (Wildman–Crippen MR) is 122 cm³/mol. The maximum Gasteiger partial charge on any atom is 0.188 e. The van der Waals surface area contributed by atoms with Crippen molar-refractivity contribution >= 4 is 41.3 Å². The summed E-state index contributed by atoms with van der Waals surface area (Å²) in [6.07, 6.45) is 5.00. The number of nitrogens with two attached hydrogens (primary N) is 1. The number of thiophene rings is 1. The summed E-state index contributed by atoms with van der Waals surface area (Å²) in [4.78, 5) is 8.45. The van der Waals surface area contributed by atoms with E-state index in [1.165, 1.54) is 48.4 Å². The van der Waals surface area contributed by atoms with Crippen LogP contribution in [0, 0.1) is 0 Å². The van der Waals surface area contributed by atoms with Gasteiger partial charge in [-0.3, -0.25) is 4.90 Å². The average Bonchev–Trinajstić information content (AvgIpc) is 3.15. The second kappa shape index (κ2) is 11.6. The Labute approximate surface area is 177 Å². The van der Waals surface area contributed by atoms with Crippen molar-refractivity contribution in [3.8, 4) is 0 Å². The Morgan fingerprint density at radius 2 is 1.85 bits per heavy atom. The van der Waals surface area contributed by atoms with Crippen molar-refractivity contribution in [2.75, 3.05) is 19.6 Å². The molecule has 0 radical (unpaired) electrons. The van der Waals surface area contributed by atoms with Gasteiger partial charge in [-0.15, -0.1) is 35.3 Å². The zero-order chi connectivity index (χ0) is 17.3. The molecule has 1 fully saturated rings. The second-order valence-corrected chi connectivity index (χ2v) is 7.60. The zero-order valence-corrected chi connectivity index (χ0v) is 18.3. The van der Waals surface area contributed by atoms with Crippen LogP contribution in [0.25, 0.3) is 0 Å². The molecule has 142 valence electrons. The third-order valence-corrected chi connectivity index (χ3v) is 5.57. The smallest absolute Gasteiger partial charge is 0.188 e. The Kier molecular flexibility index (Phi) is 9.42. The molecule has 0 amide bonds. The van der Waals surface area contributed by atoms with Crippen LogP contribution < -0.4 is 11.1 Å². The van der Waals surface area contributed by atoms with Crippen molar-refractivity contribution in [3.63, 3.8) is 0 Å². The molecule has 4 nitrogen and oxygen atoms in total. The Bertz CT molecular complexity index is 666. The highest BCUT2D eigenvalue weighted by Crippen LogP contribution is 2.16. The molecule has 1 aromatic heterocycles. The molecule has 1 saturated heterocycles. The van der Waals surface area contributed by atoms with Crippen LogP contribution in [-0.2, 0) is 19.5 Å². The molecule has 0 unspecified atom stereocenters. The van der Waals surface area contributed by atoms with Crippen LogP contribution in [0.5, 0.6) is 0 Å². The van der Waals surface area contributed by atoms with E-state index in [-0.39, 0.29) is 24.0 Å². The topological polar surface area (TPSA) is 53.6 Å². The minimum absolute atomic E-state index is 0. The zero-order valence-electron chi connectivity index (χ0n) is 15.2. The Morgan fingerprint density at radius 3 is 2.58 bits per heavy atom. The summed E-state index contributed by atoms with van der Waals surface area (Å²) in [5.74, 6) is 0.532. The number of hydrogen-bond acceptors (Lipinski definition) is 3. The largest absolute Gasteiger partial charge is 0.370 e. The lowest BCUT2D eigenvalue weighted by atomic mass is 10.1. The van der Waals surface area contributed by atoms with Crippen molar-refractivity contribution in [2.24, 2.45) is 10.7 Å². The van der Waals surface area contributed by atoms with Gasteiger partial charge < -0.3 is 11.1 Å². The van der Waals surface area contributed by atoms with Gasteiger partial charge in [0.2, 0.25) is 0 Å². The molecular weight excluding hydrogens is 455 g/mol. The number of likely N-dealkylation sites (tertiary alicyclic amines) is 1. The van der Waals surface area contributed by atoms with Crippen molar-refractivity contribution in [3.05, 3.63) is 57.8 Å². The third kappa shape index (κ3) is 6.89. The number of piperidine rings is 1. The van der Waals surface area contributed by atoms with E-state index in [4.69, 9.17) is 5.73 Å². The molecule has 6 heteroatoms. The first-order chi connectivity index (χ1) is 12.3. The third-order valence-electron chi connectivity index (χ3n) is 4.64. The van der Waals surface area contributed by atoms with Gasteiger partial charge in [-0.25, -0.2) is 4.99 Å². The van der Waals surface area contributed by atoms with E-state index in [0.717, 1.165) is 19.5 Å². The van der Waals surface area contributed by atoms with Crippen molar-refractivity contribution in [1.82, 2.24) is 10.2 Å². The van der Waals surface area contributed by atoms with Gasteiger partial charge >= 0.3 is 0 Å². The number of hydrogen-bond donors (Lipinski definition) is 2. The Balaban J connectivity index is 0.00000243. The van der Waals surface area contributed by atoms with E-state index < -0.39 is 0 Å². The lowest BCUT2D eigenvalue weighted by molar-refractivity contribution is 0.220. The molecule has 0 bridgehead atoms. The number of guanidine groups is 1. The maximum atomic E-state index is 6.03. The van der Waals surface area contributed by atoms with E-state index in [2.05, 4.69) is 57.0 Å². The van der Waals surface area contributed by atoms with Gasteiger partial charge in [0.1, 0.15) is 0 Å². The number of nitrogens with one attached hydrogen (secondary N) is 1. The van der Waals surface area contributed by atoms with Gasteiger partial charge in [0.25, 0.3) is 0 Å². The average molecular weight is 484 g/mol. The second-order valence-electron chi connectivity index (χ2n) is 6.56. The SMILES string of the molecule is I.NC(=NCc1ccccc1CN1CCCCC1)NCCc1cccs1. The minimum atomic E-state index is 0. The van der Waals surface area contributed by atoms with Crippen molar-refractivity contribution in [2.45, 2.75) is 38.8 Å². The molecule has 0 spiro atoms.